The minimum absolute atomic E-state index is 0.0963. The molecule has 9 nitrogen and oxygen atoms in total. The van der Waals surface area contributed by atoms with Crippen LogP contribution in [-0.4, -0.2) is 42.2 Å². The standard InChI is InChI=1S/C19H22FN2O7P/c1-26-30(25,27-2)11-9-14-17(28-12-13-6-4-3-5-7-13)16(20)18(29-14)22-10-8-15(23)21-19(22)24/h3-11,14,16-18H,12H2,1-2H3,(H,21,23,24)/b11-9+/t14-,16-,17-,18-/m1/s1. The van der Waals surface area contributed by atoms with Gasteiger partial charge in [0.15, 0.2) is 12.4 Å². The molecule has 0 amide bonds. The van der Waals surface area contributed by atoms with Crippen LogP contribution >= 0.6 is 7.60 Å². The van der Waals surface area contributed by atoms with Crippen LogP contribution < -0.4 is 11.2 Å². The molecule has 1 saturated heterocycles. The van der Waals surface area contributed by atoms with Crippen molar-refractivity contribution in [1.29, 1.82) is 0 Å². The fourth-order valence-electron chi connectivity index (χ4n) is 3.00. The SMILES string of the molecule is COP(=O)(/C=C/[C@H]1O[C@@H](n2ccc(=O)[nH]c2=O)[C@H](F)[C@@H]1OCc1ccccc1)OC. The molecule has 162 valence electrons. The van der Waals surface area contributed by atoms with E-state index < -0.39 is 43.5 Å². The molecule has 0 radical (unpaired) electrons. The second kappa shape index (κ2) is 9.63. The molecule has 1 aliphatic rings. The number of aromatic amines is 1. The first-order valence-electron chi connectivity index (χ1n) is 9.04. The monoisotopic (exact) mass is 440 g/mol. The number of aromatic nitrogens is 2. The summed E-state index contributed by atoms with van der Waals surface area (Å²) in [6, 6.07) is 10.2. The highest BCUT2D eigenvalue weighted by Crippen LogP contribution is 2.48. The van der Waals surface area contributed by atoms with Gasteiger partial charge in [-0.15, -0.1) is 0 Å². The highest BCUT2D eigenvalue weighted by molar-refractivity contribution is 7.57. The maximum Gasteiger partial charge on any atom is 0.353 e. The van der Waals surface area contributed by atoms with E-state index >= 15 is 4.39 Å². The van der Waals surface area contributed by atoms with Crippen molar-refractivity contribution in [3.63, 3.8) is 0 Å². The summed E-state index contributed by atoms with van der Waals surface area (Å²) in [5.74, 6) is 1.15. The average molecular weight is 440 g/mol. The average Bonchev–Trinajstić information content (AvgIpc) is 3.06. The van der Waals surface area contributed by atoms with E-state index in [9.17, 15) is 14.2 Å². The highest BCUT2D eigenvalue weighted by Gasteiger charge is 2.46. The Morgan fingerprint density at radius 2 is 1.90 bits per heavy atom. The number of halogens is 1. The number of H-pyrrole nitrogens is 1. The second-order valence-electron chi connectivity index (χ2n) is 6.46. The Labute approximate surface area is 171 Å². The number of nitrogens with zero attached hydrogens (tertiary/aromatic N) is 1. The number of alkyl halides is 1. The van der Waals surface area contributed by atoms with Crippen LogP contribution in [0.15, 0.2) is 64.1 Å². The molecule has 4 atom stereocenters. The molecule has 1 N–H and O–H groups in total. The molecular formula is C19H22FN2O7P. The molecule has 0 aliphatic carbocycles. The maximum atomic E-state index is 15.3. The minimum Gasteiger partial charge on any atom is -0.367 e. The number of hydrogen-bond donors (Lipinski definition) is 1. The minimum atomic E-state index is -3.52. The van der Waals surface area contributed by atoms with Crippen molar-refractivity contribution < 1.29 is 27.5 Å². The van der Waals surface area contributed by atoms with Gasteiger partial charge in [0.05, 0.1) is 6.61 Å². The zero-order chi connectivity index (χ0) is 21.7. The largest absolute Gasteiger partial charge is 0.367 e. The number of rotatable bonds is 8. The van der Waals surface area contributed by atoms with E-state index in [1.807, 2.05) is 30.3 Å². The van der Waals surface area contributed by atoms with Crippen LogP contribution in [0.5, 0.6) is 0 Å². The van der Waals surface area contributed by atoms with Gasteiger partial charge in [-0.25, -0.2) is 9.18 Å². The van der Waals surface area contributed by atoms with Crippen LogP contribution in [0.4, 0.5) is 4.39 Å². The zero-order valence-corrected chi connectivity index (χ0v) is 17.2. The Bertz CT molecular complexity index is 1030. The molecule has 2 aromatic rings. The van der Waals surface area contributed by atoms with Gasteiger partial charge in [0.25, 0.3) is 5.56 Å². The third-order valence-corrected chi connectivity index (χ3v) is 6.14. The normalized spacial score (nSPS) is 24.5. The fourth-order valence-corrected chi connectivity index (χ4v) is 3.77. The molecular weight excluding hydrogens is 418 g/mol. The van der Waals surface area contributed by atoms with Gasteiger partial charge < -0.3 is 18.5 Å². The third kappa shape index (κ3) is 5.03. The van der Waals surface area contributed by atoms with Crippen LogP contribution in [0.1, 0.15) is 11.8 Å². The Balaban J connectivity index is 1.88. The van der Waals surface area contributed by atoms with Crippen LogP contribution in [0.3, 0.4) is 0 Å². The van der Waals surface area contributed by atoms with Crippen LogP contribution in [0, 0.1) is 0 Å². The molecule has 30 heavy (non-hydrogen) atoms. The molecule has 1 aromatic heterocycles. The van der Waals surface area contributed by atoms with Gasteiger partial charge in [-0.3, -0.25) is 18.9 Å². The van der Waals surface area contributed by atoms with Gasteiger partial charge >= 0.3 is 13.3 Å². The molecule has 0 saturated carbocycles. The number of ether oxygens (including phenoxy) is 2. The van der Waals surface area contributed by atoms with Gasteiger partial charge in [0.1, 0.15) is 12.2 Å². The van der Waals surface area contributed by atoms with Gasteiger partial charge in [0.2, 0.25) is 0 Å². The Kier molecular flexibility index (Phi) is 7.17. The quantitative estimate of drug-likeness (QED) is 0.628. The molecule has 2 heterocycles. The van der Waals surface area contributed by atoms with Crippen molar-refractivity contribution >= 4 is 7.60 Å². The summed E-state index contributed by atoms with van der Waals surface area (Å²) in [4.78, 5) is 25.5. The van der Waals surface area contributed by atoms with Crippen molar-refractivity contribution in [3.8, 4) is 0 Å². The summed E-state index contributed by atoms with van der Waals surface area (Å²) in [6.45, 7) is 0.0963. The first-order valence-corrected chi connectivity index (χ1v) is 10.6. The highest BCUT2D eigenvalue weighted by atomic mass is 31.2. The second-order valence-corrected chi connectivity index (χ2v) is 8.57. The molecule has 3 rings (SSSR count). The number of benzene rings is 1. The van der Waals surface area contributed by atoms with Crippen LogP contribution in [0.25, 0.3) is 0 Å². The zero-order valence-electron chi connectivity index (χ0n) is 16.3. The summed E-state index contributed by atoms with van der Waals surface area (Å²) in [7, 11) is -1.09. The van der Waals surface area contributed by atoms with Crippen molar-refractivity contribution in [2.75, 3.05) is 14.2 Å². The number of nitrogens with one attached hydrogen (secondary N) is 1. The van der Waals surface area contributed by atoms with E-state index in [-0.39, 0.29) is 6.61 Å². The van der Waals surface area contributed by atoms with E-state index in [4.69, 9.17) is 18.5 Å². The van der Waals surface area contributed by atoms with Crippen molar-refractivity contribution in [1.82, 2.24) is 9.55 Å². The number of hydrogen-bond acceptors (Lipinski definition) is 7. The van der Waals surface area contributed by atoms with E-state index in [0.717, 1.165) is 28.2 Å². The van der Waals surface area contributed by atoms with Gasteiger partial charge in [-0.05, 0) is 11.6 Å². The Morgan fingerprint density at radius 1 is 1.20 bits per heavy atom. The van der Waals surface area contributed by atoms with Crippen molar-refractivity contribution in [2.45, 2.75) is 31.2 Å². The molecule has 1 aliphatic heterocycles. The van der Waals surface area contributed by atoms with Gasteiger partial charge in [-0.1, -0.05) is 30.3 Å². The lowest BCUT2D eigenvalue weighted by molar-refractivity contribution is -0.0205. The molecule has 0 bridgehead atoms. The molecule has 0 spiro atoms. The summed E-state index contributed by atoms with van der Waals surface area (Å²) in [5.41, 5.74) is -0.614. The fraction of sp³-hybridized carbons (Fsp3) is 0.368. The van der Waals surface area contributed by atoms with Gasteiger partial charge in [0, 0.05) is 32.3 Å². The summed E-state index contributed by atoms with van der Waals surface area (Å²) in [5, 5.41) is 0. The lowest BCUT2D eigenvalue weighted by Crippen LogP contribution is -2.36. The lowest BCUT2D eigenvalue weighted by atomic mass is 10.1. The van der Waals surface area contributed by atoms with Crippen molar-refractivity contribution in [2.24, 2.45) is 0 Å². The van der Waals surface area contributed by atoms with E-state index in [2.05, 4.69) is 4.98 Å². The van der Waals surface area contributed by atoms with E-state index in [0.29, 0.717) is 0 Å². The van der Waals surface area contributed by atoms with E-state index in [1.54, 1.807) is 0 Å². The Hall–Kier alpha value is -2.36. The smallest absolute Gasteiger partial charge is 0.353 e. The predicted molar refractivity (Wildman–Crippen MR) is 106 cm³/mol. The molecule has 1 aromatic carbocycles. The third-order valence-electron chi connectivity index (χ3n) is 4.58. The molecule has 1 fully saturated rings. The topological polar surface area (TPSA) is 109 Å². The Morgan fingerprint density at radius 3 is 2.53 bits per heavy atom. The van der Waals surface area contributed by atoms with E-state index in [1.165, 1.54) is 20.3 Å². The molecule has 11 heteroatoms. The summed E-state index contributed by atoms with van der Waals surface area (Å²) in [6.07, 6.45) is -2.75. The summed E-state index contributed by atoms with van der Waals surface area (Å²) < 4.78 is 49.7. The maximum absolute atomic E-state index is 15.3. The first kappa shape index (κ1) is 22.3. The van der Waals surface area contributed by atoms with Crippen LogP contribution in [-0.2, 0) is 29.7 Å². The lowest BCUT2D eigenvalue weighted by Gasteiger charge is -2.18. The van der Waals surface area contributed by atoms with Crippen LogP contribution in [0.2, 0.25) is 0 Å². The van der Waals surface area contributed by atoms with Crippen molar-refractivity contribution in [3.05, 3.63) is 80.9 Å². The summed E-state index contributed by atoms with van der Waals surface area (Å²) >= 11 is 0. The van der Waals surface area contributed by atoms with Gasteiger partial charge in [-0.2, -0.15) is 0 Å². The predicted octanol–water partition coefficient (Wildman–Crippen LogP) is 2.36. The molecule has 0 unspecified atom stereocenters. The first-order chi connectivity index (χ1) is 14.4.